The van der Waals surface area contributed by atoms with Gasteiger partial charge < -0.3 is 4.74 Å². The first kappa shape index (κ1) is 12.7. The molecular weight excluding hydrogens is 226 g/mol. The van der Waals surface area contributed by atoms with Crippen LogP contribution in [0.3, 0.4) is 0 Å². The third-order valence-electron chi connectivity index (χ3n) is 2.13. The van der Waals surface area contributed by atoms with Crippen LogP contribution in [-0.2, 0) is 14.6 Å². The number of aryl methyl sites for hydroxylation is 1. The number of aliphatic imine (C=N–C) groups is 1. The van der Waals surface area contributed by atoms with Gasteiger partial charge in [-0.3, -0.25) is 0 Å². The molecule has 1 rings (SSSR count). The molecule has 0 spiro atoms. The standard InChI is InChI=1S/C11H15NO3S/c1-9-4-6-11(7-5-9)16(13,14)8-12-10(2)15-3/h4-7H,8H2,1-3H3/b12-10+. The molecule has 16 heavy (non-hydrogen) atoms. The Morgan fingerprint density at radius 1 is 1.31 bits per heavy atom. The van der Waals surface area contributed by atoms with Crippen molar-refractivity contribution in [2.75, 3.05) is 13.0 Å². The summed E-state index contributed by atoms with van der Waals surface area (Å²) in [5.41, 5.74) is 1.02. The summed E-state index contributed by atoms with van der Waals surface area (Å²) in [5.74, 6) is 0.0751. The van der Waals surface area contributed by atoms with Crippen LogP contribution in [0, 0.1) is 6.92 Å². The van der Waals surface area contributed by atoms with Crippen LogP contribution in [-0.4, -0.2) is 27.3 Å². The molecule has 0 saturated heterocycles. The molecule has 4 nitrogen and oxygen atoms in total. The monoisotopic (exact) mass is 241 g/mol. The van der Waals surface area contributed by atoms with Gasteiger partial charge in [0.25, 0.3) is 0 Å². The second-order valence-corrected chi connectivity index (χ2v) is 5.40. The Balaban J connectivity index is 2.91. The zero-order chi connectivity index (χ0) is 12.2. The molecule has 0 aliphatic heterocycles. The smallest absolute Gasteiger partial charge is 0.198 e. The number of methoxy groups -OCH3 is 1. The molecule has 0 unspecified atom stereocenters. The number of benzene rings is 1. The number of sulfone groups is 1. The van der Waals surface area contributed by atoms with Gasteiger partial charge in [-0.05, 0) is 19.1 Å². The second-order valence-electron chi connectivity index (χ2n) is 3.44. The number of ether oxygens (including phenoxy) is 1. The number of nitrogens with zero attached hydrogens (tertiary/aromatic N) is 1. The summed E-state index contributed by atoms with van der Waals surface area (Å²) in [6.45, 7) is 3.52. The Kier molecular flexibility index (Phi) is 4.06. The van der Waals surface area contributed by atoms with Crippen molar-refractivity contribution >= 4 is 15.7 Å². The van der Waals surface area contributed by atoms with E-state index in [0.29, 0.717) is 5.90 Å². The quantitative estimate of drug-likeness (QED) is 0.599. The first-order valence-corrected chi connectivity index (χ1v) is 6.45. The lowest BCUT2D eigenvalue weighted by Gasteiger charge is -2.02. The highest BCUT2D eigenvalue weighted by Crippen LogP contribution is 2.12. The Labute approximate surface area is 95.9 Å². The number of hydrogen-bond acceptors (Lipinski definition) is 4. The lowest BCUT2D eigenvalue weighted by molar-refractivity contribution is 0.398. The molecule has 0 aliphatic carbocycles. The third-order valence-corrected chi connectivity index (χ3v) is 3.59. The van der Waals surface area contributed by atoms with Crippen molar-refractivity contribution in [1.82, 2.24) is 0 Å². The second kappa shape index (κ2) is 5.12. The van der Waals surface area contributed by atoms with Crippen molar-refractivity contribution in [2.24, 2.45) is 4.99 Å². The summed E-state index contributed by atoms with van der Waals surface area (Å²) in [5, 5.41) is 0. The third kappa shape index (κ3) is 3.34. The van der Waals surface area contributed by atoms with E-state index >= 15 is 0 Å². The Bertz CT molecular complexity index is 474. The molecule has 1 aromatic rings. The Morgan fingerprint density at radius 2 is 1.88 bits per heavy atom. The van der Waals surface area contributed by atoms with Crippen molar-refractivity contribution in [3.63, 3.8) is 0 Å². The summed E-state index contributed by atoms with van der Waals surface area (Å²) in [7, 11) is -1.89. The maximum absolute atomic E-state index is 11.8. The fraction of sp³-hybridized carbons (Fsp3) is 0.364. The zero-order valence-electron chi connectivity index (χ0n) is 9.60. The summed E-state index contributed by atoms with van der Waals surface area (Å²) in [4.78, 5) is 4.10. The van der Waals surface area contributed by atoms with Crippen molar-refractivity contribution in [3.8, 4) is 0 Å². The van der Waals surface area contributed by atoms with E-state index in [0.717, 1.165) is 5.56 Å². The van der Waals surface area contributed by atoms with E-state index in [-0.39, 0.29) is 10.8 Å². The van der Waals surface area contributed by atoms with Gasteiger partial charge in [0.15, 0.2) is 15.7 Å². The predicted molar refractivity (Wildman–Crippen MR) is 63.3 cm³/mol. The molecule has 0 bridgehead atoms. The SMILES string of the molecule is CO/C(C)=N/CS(=O)(=O)c1ccc(C)cc1. The summed E-state index contributed by atoms with van der Waals surface area (Å²) < 4.78 is 28.4. The van der Waals surface area contributed by atoms with Gasteiger partial charge in [-0.25, -0.2) is 13.4 Å². The van der Waals surface area contributed by atoms with Gasteiger partial charge in [-0.1, -0.05) is 17.7 Å². The van der Waals surface area contributed by atoms with Crippen molar-refractivity contribution < 1.29 is 13.2 Å². The highest BCUT2D eigenvalue weighted by Gasteiger charge is 2.13. The van der Waals surface area contributed by atoms with E-state index in [4.69, 9.17) is 4.74 Å². The van der Waals surface area contributed by atoms with Gasteiger partial charge >= 0.3 is 0 Å². The molecule has 0 saturated carbocycles. The fourth-order valence-corrected chi connectivity index (χ4v) is 2.11. The van der Waals surface area contributed by atoms with Gasteiger partial charge in [-0.15, -0.1) is 0 Å². The molecule has 0 atom stereocenters. The van der Waals surface area contributed by atoms with E-state index in [9.17, 15) is 8.42 Å². The summed E-state index contributed by atoms with van der Waals surface area (Å²) >= 11 is 0. The highest BCUT2D eigenvalue weighted by molar-refractivity contribution is 7.91. The van der Waals surface area contributed by atoms with Crippen LogP contribution in [0.15, 0.2) is 34.2 Å². The van der Waals surface area contributed by atoms with Gasteiger partial charge in [0.1, 0.15) is 5.88 Å². The molecule has 5 heteroatoms. The van der Waals surface area contributed by atoms with Crippen LogP contribution in [0.2, 0.25) is 0 Å². The van der Waals surface area contributed by atoms with Crippen molar-refractivity contribution in [2.45, 2.75) is 18.7 Å². The largest absolute Gasteiger partial charge is 0.484 e. The van der Waals surface area contributed by atoms with Crippen molar-refractivity contribution in [3.05, 3.63) is 29.8 Å². The van der Waals surface area contributed by atoms with Crippen LogP contribution < -0.4 is 0 Å². The summed E-state index contributed by atoms with van der Waals surface area (Å²) in [6, 6.07) is 6.70. The average molecular weight is 241 g/mol. The molecule has 88 valence electrons. The molecule has 0 aromatic heterocycles. The van der Waals surface area contributed by atoms with Crippen LogP contribution in [0.1, 0.15) is 12.5 Å². The lowest BCUT2D eigenvalue weighted by Crippen LogP contribution is -2.07. The molecule has 1 aromatic carbocycles. The minimum Gasteiger partial charge on any atom is -0.484 e. The van der Waals surface area contributed by atoms with E-state index in [1.807, 2.05) is 6.92 Å². The van der Waals surface area contributed by atoms with E-state index in [1.165, 1.54) is 7.11 Å². The molecule has 0 radical (unpaired) electrons. The molecule has 0 fully saturated rings. The topological polar surface area (TPSA) is 55.7 Å². The van der Waals surface area contributed by atoms with Crippen molar-refractivity contribution in [1.29, 1.82) is 0 Å². The van der Waals surface area contributed by atoms with Gasteiger partial charge in [0.2, 0.25) is 0 Å². The van der Waals surface area contributed by atoms with E-state index in [2.05, 4.69) is 4.99 Å². The highest BCUT2D eigenvalue weighted by atomic mass is 32.2. The minimum absolute atomic E-state index is 0.282. The normalized spacial score (nSPS) is 12.6. The predicted octanol–water partition coefficient (Wildman–Crippen LogP) is 1.79. The van der Waals surface area contributed by atoms with Gasteiger partial charge in [0.05, 0.1) is 12.0 Å². The van der Waals surface area contributed by atoms with Crippen LogP contribution in [0.4, 0.5) is 0 Å². The number of rotatable bonds is 3. The fourth-order valence-electron chi connectivity index (χ4n) is 1.06. The lowest BCUT2D eigenvalue weighted by atomic mass is 10.2. The van der Waals surface area contributed by atoms with Crippen LogP contribution >= 0.6 is 0 Å². The molecular formula is C11H15NO3S. The Hall–Kier alpha value is -1.36. The maximum Gasteiger partial charge on any atom is 0.198 e. The first-order valence-electron chi connectivity index (χ1n) is 4.80. The minimum atomic E-state index is -3.35. The van der Waals surface area contributed by atoms with Gasteiger partial charge in [0, 0.05) is 6.92 Å². The average Bonchev–Trinajstić information content (AvgIpc) is 2.26. The number of hydrogen-bond donors (Lipinski definition) is 0. The van der Waals surface area contributed by atoms with Crippen LogP contribution in [0.5, 0.6) is 0 Å². The zero-order valence-corrected chi connectivity index (χ0v) is 10.4. The summed E-state index contributed by atoms with van der Waals surface area (Å²) in [6.07, 6.45) is 0. The molecule has 0 N–H and O–H groups in total. The Morgan fingerprint density at radius 3 is 2.38 bits per heavy atom. The van der Waals surface area contributed by atoms with E-state index in [1.54, 1.807) is 31.2 Å². The maximum atomic E-state index is 11.8. The van der Waals surface area contributed by atoms with Crippen LogP contribution in [0.25, 0.3) is 0 Å². The molecule has 0 heterocycles. The first-order chi connectivity index (χ1) is 7.45. The van der Waals surface area contributed by atoms with E-state index < -0.39 is 9.84 Å². The molecule has 0 amide bonds. The van der Waals surface area contributed by atoms with Gasteiger partial charge in [-0.2, -0.15) is 0 Å². The molecule has 0 aliphatic rings.